The van der Waals surface area contributed by atoms with E-state index in [1.165, 1.54) is 0 Å². The zero-order valence-corrected chi connectivity index (χ0v) is 20.4. The molecule has 33 heavy (non-hydrogen) atoms. The molecule has 7 heteroatoms. The molecule has 0 aromatic heterocycles. The summed E-state index contributed by atoms with van der Waals surface area (Å²) in [5.41, 5.74) is 1.18. The Labute approximate surface area is 201 Å². The SMILES string of the molecule is CCCOc1c(Cl)cc(C(=O)N(CCC)C2CCN(C(=O)c3ccccc3)CC2)cc1OC. The van der Waals surface area contributed by atoms with E-state index in [4.69, 9.17) is 21.1 Å². The van der Waals surface area contributed by atoms with E-state index in [-0.39, 0.29) is 17.9 Å². The molecule has 0 bridgehead atoms. The van der Waals surface area contributed by atoms with Crippen LogP contribution in [0.1, 0.15) is 60.2 Å². The molecule has 0 spiro atoms. The van der Waals surface area contributed by atoms with Crippen molar-refractivity contribution in [1.29, 1.82) is 0 Å². The largest absolute Gasteiger partial charge is 0.493 e. The summed E-state index contributed by atoms with van der Waals surface area (Å²) >= 11 is 6.45. The predicted octanol–water partition coefficient (Wildman–Crippen LogP) is 5.29. The van der Waals surface area contributed by atoms with Gasteiger partial charge in [-0.3, -0.25) is 9.59 Å². The highest BCUT2D eigenvalue weighted by Crippen LogP contribution is 2.37. The van der Waals surface area contributed by atoms with Crippen LogP contribution >= 0.6 is 11.6 Å². The van der Waals surface area contributed by atoms with Crippen LogP contribution in [-0.2, 0) is 0 Å². The van der Waals surface area contributed by atoms with Gasteiger partial charge < -0.3 is 19.3 Å². The minimum absolute atomic E-state index is 0.0432. The number of hydrogen-bond acceptors (Lipinski definition) is 4. The number of benzene rings is 2. The van der Waals surface area contributed by atoms with Crippen molar-refractivity contribution in [3.8, 4) is 11.5 Å². The van der Waals surface area contributed by atoms with Crippen molar-refractivity contribution < 1.29 is 19.1 Å². The van der Waals surface area contributed by atoms with Crippen molar-refractivity contribution in [1.82, 2.24) is 9.80 Å². The second kappa shape index (κ2) is 11.9. The Kier molecular flexibility index (Phi) is 9.01. The Hall–Kier alpha value is -2.73. The number of rotatable bonds is 9. The number of halogens is 1. The minimum Gasteiger partial charge on any atom is -0.493 e. The normalized spacial score (nSPS) is 14.1. The molecule has 0 saturated carbocycles. The van der Waals surface area contributed by atoms with Crippen molar-refractivity contribution in [2.75, 3.05) is 33.4 Å². The molecular formula is C26H33ClN2O4. The van der Waals surface area contributed by atoms with Crippen LogP contribution in [0.5, 0.6) is 11.5 Å². The second-order valence-corrected chi connectivity index (χ2v) is 8.63. The summed E-state index contributed by atoms with van der Waals surface area (Å²) in [4.78, 5) is 30.1. The van der Waals surface area contributed by atoms with E-state index in [2.05, 4.69) is 6.92 Å². The highest BCUT2D eigenvalue weighted by Gasteiger charge is 2.31. The van der Waals surface area contributed by atoms with Crippen molar-refractivity contribution in [2.24, 2.45) is 0 Å². The Bertz CT molecular complexity index is 943. The molecule has 1 aliphatic rings. The first-order valence-corrected chi connectivity index (χ1v) is 12.0. The first-order valence-electron chi connectivity index (χ1n) is 11.7. The maximum absolute atomic E-state index is 13.5. The van der Waals surface area contributed by atoms with Gasteiger partial charge >= 0.3 is 0 Å². The van der Waals surface area contributed by atoms with Crippen LogP contribution in [0.15, 0.2) is 42.5 Å². The van der Waals surface area contributed by atoms with Gasteiger partial charge in [0.25, 0.3) is 11.8 Å². The lowest BCUT2D eigenvalue weighted by molar-refractivity contribution is 0.0519. The predicted molar refractivity (Wildman–Crippen MR) is 130 cm³/mol. The average Bonchev–Trinajstić information content (AvgIpc) is 2.86. The molecule has 1 aliphatic heterocycles. The second-order valence-electron chi connectivity index (χ2n) is 8.23. The zero-order valence-electron chi connectivity index (χ0n) is 19.7. The van der Waals surface area contributed by atoms with Gasteiger partial charge in [-0.15, -0.1) is 0 Å². The highest BCUT2D eigenvalue weighted by molar-refractivity contribution is 6.32. The number of amides is 2. The zero-order chi connectivity index (χ0) is 23.8. The Morgan fingerprint density at radius 3 is 2.36 bits per heavy atom. The molecule has 2 amide bonds. The quantitative estimate of drug-likeness (QED) is 0.497. The molecule has 0 atom stereocenters. The van der Waals surface area contributed by atoms with Gasteiger partial charge in [0.1, 0.15) is 0 Å². The highest BCUT2D eigenvalue weighted by atomic mass is 35.5. The average molecular weight is 473 g/mol. The molecule has 178 valence electrons. The molecule has 2 aromatic rings. The van der Waals surface area contributed by atoms with Crippen LogP contribution < -0.4 is 9.47 Å². The fourth-order valence-corrected chi connectivity index (χ4v) is 4.45. The maximum atomic E-state index is 13.5. The molecule has 3 rings (SSSR count). The standard InChI is InChI=1S/C26H33ClN2O4/c1-4-13-29(21-11-14-28(15-12-21)25(30)19-9-7-6-8-10-19)26(31)20-17-22(27)24(33-16-5-2)23(18-20)32-3/h6-10,17-18,21H,4-5,11-16H2,1-3H3. The van der Waals surface area contributed by atoms with Crippen molar-refractivity contribution >= 4 is 23.4 Å². The van der Waals surface area contributed by atoms with E-state index in [1.807, 2.05) is 47.1 Å². The van der Waals surface area contributed by atoms with E-state index in [0.717, 1.165) is 25.7 Å². The third-order valence-corrected chi connectivity index (χ3v) is 6.15. The maximum Gasteiger partial charge on any atom is 0.254 e. The number of nitrogens with zero attached hydrogens (tertiary/aromatic N) is 2. The first kappa shape index (κ1) is 24.9. The summed E-state index contributed by atoms with van der Waals surface area (Å²) in [6, 6.07) is 12.8. The van der Waals surface area contributed by atoms with Gasteiger partial charge in [0.15, 0.2) is 11.5 Å². The fourth-order valence-electron chi connectivity index (χ4n) is 4.19. The summed E-state index contributed by atoms with van der Waals surface area (Å²) in [5.74, 6) is 0.889. The van der Waals surface area contributed by atoms with Crippen LogP contribution in [0, 0.1) is 0 Å². The smallest absolute Gasteiger partial charge is 0.254 e. The van der Waals surface area contributed by atoms with E-state index in [9.17, 15) is 9.59 Å². The van der Waals surface area contributed by atoms with Crippen molar-refractivity contribution in [3.05, 3.63) is 58.6 Å². The lowest BCUT2D eigenvalue weighted by atomic mass is 10.0. The summed E-state index contributed by atoms with van der Waals surface area (Å²) in [6.45, 7) is 6.48. The molecule has 1 saturated heterocycles. The number of hydrogen-bond donors (Lipinski definition) is 0. The summed E-state index contributed by atoms with van der Waals surface area (Å²) in [7, 11) is 1.54. The lowest BCUT2D eigenvalue weighted by Gasteiger charge is -2.38. The van der Waals surface area contributed by atoms with Crippen molar-refractivity contribution in [3.63, 3.8) is 0 Å². The first-order chi connectivity index (χ1) is 16.0. The lowest BCUT2D eigenvalue weighted by Crippen LogP contribution is -2.49. The van der Waals surface area contributed by atoms with Gasteiger partial charge in [0, 0.05) is 36.8 Å². The van der Waals surface area contributed by atoms with E-state index < -0.39 is 0 Å². The number of piperidine rings is 1. The van der Waals surface area contributed by atoms with Crippen LogP contribution in [0.25, 0.3) is 0 Å². The number of ether oxygens (including phenoxy) is 2. The number of methoxy groups -OCH3 is 1. The number of carbonyl (C=O) groups excluding carboxylic acids is 2. The topological polar surface area (TPSA) is 59.1 Å². The monoisotopic (exact) mass is 472 g/mol. The van der Waals surface area contributed by atoms with Crippen LogP contribution in [0.4, 0.5) is 0 Å². The van der Waals surface area contributed by atoms with E-state index >= 15 is 0 Å². The van der Waals surface area contributed by atoms with Gasteiger partial charge in [-0.2, -0.15) is 0 Å². The third-order valence-electron chi connectivity index (χ3n) is 5.87. The minimum atomic E-state index is -0.0769. The van der Waals surface area contributed by atoms with Crippen LogP contribution in [-0.4, -0.2) is 61.0 Å². The fraction of sp³-hybridized carbons (Fsp3) is 0.462. The third kappa shape index (κ3) is 5.99. The molecule has 1 heterocycles. The molecule has 2 aromatic carbocycles. The van der Waals surface area contributed by atoms with Gasteiger partial charge in [0.2, 0.25) is 0 Å². The summed E-state index contributed by atoms with van der Waals surface area (Å²) in [5, 5.41) is 0.367. The Morgan fingerprint density at radius 1 is 1.06 bits per heavy atom. The van der Waals surface area contributed by atoms with Crippen LogP contribution in [0.2, 0.25) is 5.02 Å². The molecule has 6 nitrogen and oxygen atoms in total. The molecule has 0 radical (unpaired) electrons. The molecule has 0 N–H and O–H groups in total. The van der Waals surface area contributed by atoms with E-state index in [0.29, 0.717) is 53.9 Å². The van der Waals surface area contributed by atoms with Crippen LogP contribution in [0.3, 0.4) is 0 Å². The summed E-state index contributed by atoms with van der Waals surface area (Å²) in [6.07, 6.45) is 3.17. The Morgan fingerprint density at radius 2 is 1.76 bits per heavy atom. The van der Waals surface area contributed by atoms with Gasteiger partial charge in [-0.25, -0.2) is 0 Å². The molecule has 1 fully saturated rings. The van der Waals surface area contributed by atoms with Gasteiger partial charge in [-0.05, 0) is 49.9 Å². The Balaban J connectivity index is 1.73. The van der Waals surface area contributed by atoms with Gasteiger partial charge in [-0.1, -0.05) is 43.6 Å². The molecule has 0 unspecified atom stereocenters. The summed E-state index contributed by atoms with van der Waals surface area (Å²) < 4.78 is 11.2. The molecule has 0 aliphatic carbocycles. The number of carbonyl (C=O) groups is 2. The van der Waals surface area contributed by atoms with E-state index in [1.54, 1.807) is 19.2 Å². The molecular weight excluding hydrogens is 440 g/mol. The number of likely N-dealkylation sites (tertiary alicyclic amines) is 1. The van der Waals surface area contributed by atoms with Crippen molar-refractivity contribution in [2.45, 2.75) is 45.6 Å². The van der Waals surface area contributed by atoms with Gasteiger partial charge in [0.05, 0.1) is 18.7 Å².